The van der Waals surface area contributed by atoms with Gasteiger partial charge in [0.25, 0.3) is 5.91 Å². The Kier molecular flexibility index (Phi) is 7.32. The van der Waals surface area contributed by atoms with Crippen molar-refractivity contribution in [3.63, 3.8) is 0 Å². The number of aromatic nitrogens is 4. The van der Waals surface area contributed by atoms with E-state index in [1.807, 2.05) is 37.3 Å². The molecule has 0 aliphatic carbocycles. The average molecular weight is 449 g/mol. The molecule has 8 nitrogen and oxygen atoms in total. The fraction of sp³-hybridized carbons (Fsp3) is 0.480. The zero-order chi connectivity index (χ0) is 23.2. The van der Waals surface area contributed by atoms with Crippen molar-refractivity contribution >= 4 is 22.7 Å². The fourth-order valence-electron chi connectivity index (χ4n) is 4.45. The van der Waals surface area contributed by atoms with E-state index in [9.17, 15) is 9.59 Å². The van der Waals surface area contributed by atoms with Crippen LogP contribution in [0.1, 0.15) is 61.6 Å². The third kappa shape index (κ3) is 5.05. The van der Waals surface area contributed by atoms with E-state index >= 15 is 0 Å². The number of amides is 2. The zero-order valence-corrected chi connectivity index (χ0v) is 19.5. The molecule has 2 amide bonds. The van der Waals surface area contributed by atoms with Gasteiger partial charge in [0.1, 0.15) is 0 Å². The van der Waals surface area contributed by atoms with Crippen molar-refractivity contribution in [2.75, 3.05) is 19.6 Å². The quantitative estimate of drug-likeness (QED) is 0.531. The van der Waals surface area contributed by atoms with Crippen LogP contribution in [0.25, 0.3) is 16.6 Å². The summed E-state index contributed by atoms with van der Waals surface area (Å²) in [7, 11) is 0. The number of nitrogens with one attached hydrogen (secondary N) is 1. The summed E-state index contributed by atoms with van der Waals surface area (Å²) in [6.45, 7) is 5.77. The van der Waals surface area contributed by atoms with E-state index in [2.05, 4.69) is 27.5 Å². The summed E-state index contributed by atoms with van der Waals surface area (Å²) in [5.74, 6) is -0.301. The first-order chi connectivity index (χ1) is 16.1. The van der Waals surface area contributed by atoms with Crippen molar-refractivity contribution in [2.24, 2.45) is 5.92 Å². The topological polar surface area (TPSA) is 93.0 Å². The maximum absolute atomic E-state index is 13.3. The Morgan fingerprint density at radius 3 is 2.85 bits per heavy atom. The molecular weight excluding hydrogens is 416 g/mol. The number of fused-ring (bicyclic) bond motifs is 1. The summed E-state index contributed by atoms with van der Waals surface area (Å²) in [6, 6.07) is 9.74. The predicted octanol–water partition coefficient (Wildman–Crippen LogP) is 3.67. The molecule has 4 rings (SSSR count). The van der Waals surface area contributed by atoms with E-state index < -0.39 is 0 Å². The lowest BCUT2D eigenvalue weighted by atomic mass is 9.96. The second kappa shape index (κ2) is 10.6. The summed E-state index contributed by atoms with van der Waals surface area (Å²) in [4.78, 5) is 32.1. The molecule has 3 aromatic rings. The first-order valence-electron chi connectivity index (χ1n) is 11.9. The number of para-hydroxylation sites is 1. The molecule has 0 saturated carbocycles. The molecule has 0 radical (unpaired) electrons. The lowest BCUT2D eigenvalue weighted by Crippen LogP contribution is -2.45. The van der Waals surface area contributed by atoms with Gasteiger partial charge in [-0.15, -0.1) is 5.10 Å². The molecular formula is C25H32N6O2. The van der Waals surface area contributed by atoms with Crippen LogP contribution in [0.4, 0.5) is 0 Å². The van der Waals surface area contributed by atoms with Gasteiger partial charge in [-0.2, -0.15) is 0 Å². The number of hydrogen-bond donors (Lipinski definition) is 1. The molecule has 1 N–H and O–H groups in total. The lowest BCUT2D eigenvalue weighted by molar-refractivity contribution is -0.126. The highest BCUT2D eigenvalue weighted by atomic mass is 16.2. The third-order valence-electron chi connectivity index (χ3n) is 6.35. The van der Waals surface area contributed by atoms with Gasteiger partial charge >= 0.3 is 0 Å². The van der Waals surface area contributed by atoms with E-state index in [1.54, 1.807) is 15.8 Å². The minimum atomic E-state index is -0.175. The second-order valence-corrected chi connectivity index (χ2v) is 8.73. The van der Waals surface area contributed by atoms with Crippen molar-refractivity contribution in [3.05, 3.63) is 47.9 Å². The van der Waals surface area contributed by atoms with Gasteiger partial charge in [-0.3, -0.25) is 14.6 Å². The normalized spacial score (nSPS) is 16.2. The van der Waals surface area contributed by atoms with Crippen molar-refractivity contribution in [2.45, 2.75) is 52.4 Å². The number of benzene rings is 1. The first kappa shape index (κ1) is 22.9. The van der Waals surface area contributed by atoms with Crippen LogP contribution in [0.2, 0.25) is 0 Å². The summed E-state index contributed by atoms with van der Waals surface area (Å²) in [5, 5.41) is 12.5. The van der Waals surface area contributed by atoms with Crippen molar-refractivity contribution in [1.29, 1.82) is 0 Å². The molecule has 1 aliphatic heterocycles. The van der Waals surface area contributed by atoms with Gasteiger partial charge < -0.3 is 10.2 Å². The molecule has 1 unspecified atom stereocenters. The fourth-order valence-corrected chi connectivity index (χ4v) is 4.45. The first-order valence-corrected chi connectivity index (χ1v) is 11.9. The highest BCUT2D eigenvalue weighted by molar-refractivity contribution is 5.94. The molecule has 8 heteroatoms. The summed E-state index contributed by atoms with van der Waals surface area (Å²) >= 11 is 0. The van der Waals surface area contributed by atoms with Crippen LogP contribution in [-0.4, -0.2) is 56.3 Å². The molecule has 0 spiro atoms. The number of pyridine rings is 1. The minimum absolute atomic E-state index is 0.0474. The Hall–Kier alpha value is -3.29. The molecule has 0 bridgehead atoms. The van der Waals surface area contributed by atoms with Gasteiger partial charge in [0.05, 0.1) is 22.8 Å². The van der Waals surface area contributed by atoms with E-state index in [1.165, 1.54) is 12.8 Å². The average Bonchev–Trinajstić information content (AvgIpc) is 3.24. The van der Waals surface area contributed by atoms with Crippen molar-refractivity contribution in [3.8, 4) is 5.69 Å². The second-order valence-electron chi connectivity index (χ2n) is 8.73. The Morgan fingerprint density at radius 2 is 2.00 bits per heavy atom. The van der Waals surface area contributed by atoms with Crippen LogP contribution >= 0.6 is 0 Å². The molecule has 1 aliphatic rings. The molecule has 1 aromatic carbocycles. The third-order valence-corrected chi connectivity index (χ3v) is 6.35. The van der Waals surface area contributed by atoms with Gasteiger partial charge in [0.2, 0.25) is 5.91 Å². The number of carbonyl (C=O) groups excluding carboxylic acids is 2. The maximum atomic E-state index is 13.3. The van der Waals surface area contributed by atoms with Crippen LogP contribution in [-0.2, 0) is 4.79 Å². The van der Waals surface area contributed by atoms with Crippen LogP contribution < -0.4 is 5.32 Å². The molecule has 1 fully saturated rings. The van der Waals surface area contributed by atoms with E-state index in [-0.39, 0.29) is 17.7 Å². The predicted molar refractivity (Wildman–Crippen MR) is 127 cm³/mol. The number of piperidine rings is 1. The summed E-state index contributed by atoms with van der Waals surface area (Å²) in [5.41, 5.74) is 2.58. The van der Waals surface area contributed by atoms with Crippen molar-refractivity contribution < 1.29 is 9.59 Å². The van der Waals surface area contributed by atoms with Crippen LogP contribution in [0.3, 0.4) is 0 Å². The Balaban J connectivity index is 1.45. The molecule has 33 heavy (non-hydrogen) atoms. The summed E-state index contributed by atoms with van der Waals surface area (Å²) in [6.07, 6.45) is 7.85. The highest BCUT2D eigenvalue weighted by Crippen LogP contribution is 2.23. The lowest BCUT2D eigenvalue weighted by Gasteiger charge is -2.31. The molecule has 2 aromatic heterocycles. The number of carbonyl (C=O) groups is 2. The highest BCUT2D eigenvalue weighted by Gasteiger charge is 2.31. The van der Waals surface area contributed by atoms with Crippen LogP contribution in [0, 0.1) is 12.8 Å². The monoisotopic (exact) mass is 448 g/mol. The van der Waals surface area contributed by atoms with Crippen molar-refractivity contribution in [1.82, 2.24) is 30.2 Å². The van der Waals surface area contributed by atoms with Crippen LogP contribution in [0.5, 0.6) is 0 Å². The van der Waals surface area contributed by atoms with Gasteiger partial charge in [0, 0.05) is 31.2 Å². The number of hydrogen-bond acceptors (Lipinski definition) is 5. The summed E-state index contributed by atoms with van der Waals surface area (Å²) < 4.78 is 1.67. The maximum Gasteiger partial charge on any atom is 0.276 e. The van der Waals surface area contributed by atoms with E-state index in [4.69, 9.17) is 0 Å². The van der Waals surface area contributed by atoms with Gasteiger partial charge in [-0.05, 0) is 38.3 Å². The molecule has 174 valence electrons. The van der Waals surface area contributed by atoms with Gasteiger partial charge in [-0.1, -0.05) is 49.6 Å². The zero-order valence-electron chi connectivity index (χ0n) is 19.5. The van der Waals surface area contributed by atoms with Crippen LogP contribution in [0.15, 0.2) is 36.5 Å². The molecule has 1 atom stereocenters. The smallest absolute Gasteiger partial charge is 0.276 e. The number of nitrogens with zero attached hydrogens (tertiary/aromatic N) is 5. The van der Waals surface area contributed by atoms with Gasteiger partial charge in [-0.25, -0.2) is 4.68 Å². The number of unbranched alkanes of at least 4 members (excludes halogenated alkanes) is 3. The Morgan fingerprint density at radius 1 is 1.15 bits per heavy atom. The van der Waals surface area contributed by atoms with E-state index in [0.717, 1.165) is 42.3 Å². The number of rotatable bonds is 8. The van der Waals surface area contributed by atoms with Gasteiger partial charge in [0.15, 0.2) is 5.69 Å². The molecule has 1 saturated heterocycles. The largest absolute Gasteiger partial charge is 0.356 e. The molecule has 3 heterocycles. The number of likely N-dealkylation sites (tertiary alicyclic amines) is 1. The standard InChI is InChI=1S/C25H32N6O2/c1-3-4-5-6-14-27-24(32)20-12-9-16-30(17-20)25(33)22-18(2)31(29-28-22)21-13-7-10-19-11-8-15-26-23(19)21/h7-8,10-11,13,15,20H,3-6,9,12,14,16-17H2,1-2H3,(H,27,32). The van der Waals surface area contributed by atoms with E-state index in [0.29, 0.717) is 31.0 Å². The Bertz CT molecular complexity index is 1120. The minimum Gasteiger partial charge on any atom is -0.356 e. The Labute approximate surface area is 194 Å². The SMILES string of the molecule is CCCCCCNC(=O)C1CCCN(C(=O)c2nnn(-c3cccc4cccnc34)c2C)C1.